The van der Waals surface area contributed by atoms with Gasteiger partial charge >= 0.3 is 0 Å². The molecular formula is C21H27FN2O2. The van der Waals surface area contributed by atoms with Crippen molar-refractivity contribution >= 4 is 17.9 Å². The van der Waals surface area contributed by atoms with E-state index >= 15 is 0 Å². The fourth-order valence-corrected chi connectivity index (χ4v) is 3.77. The largest absolute Gasteiger partial charge is 0.353 e. The van der Waals surface area contributed by atoms with Crippen LogP contribution in [0.1, 0.15) is 50.5 Å². The highest BCUT2D eigenvalue weighted by atomic mass is 19.1. The normalized spacial score (nSPS) is 19.7. The molecule has 0 atom stereocenters. The zero-order chi connectivity index (χ0) is 18.4. The van der Waals surface area contributed by atoms with Crippen molar-refractivity contribution in [3.05, 3.63) is 41.7 Å². The molecule has 1 saturated carbocycles. The summed E-state index contributed by atoms with van der Waals surface area (Å²) in [6.07, 6.45) is 10.4. The zero-order valence-electron chi connectivity index (χ0n) is 15.1. The Labute approximate surface area is 154 Å². The van der Waals surface area contributed by atoms with Crippen LogP contribution in [-0.4, -0.2) is 35.8 Å². The molecule has 1 aliphatic carbocycles. The SMILES string of the molecule is O=C(NC1CCN(C(=O)/C=C/c2ccc(F)cc2)CC1)C1CCCCC1. The van der Waals surface area contributed by atoms with Gasteiger partial charge in [0.05, 0.1) is 0 Å². The molecule has 0 spiro atoms. The molecule has 140 valence electrons. The van der Waals surface area contributed by atoms with Crippen LogP contribution in [0.4, 0.5) is 4.39 Å². The van der Waals surface area contributed by atoms with Crippen LogP contribution in [0.25, 0.3) is 6.08 Å². The van der Waals surface area contributed by atoms with Crippen molar-refractivity contribution in [2.24, 2.45) is 5.92 Å². The number of likely N-dealkylation sites (tertiary alicyclic amines) is 1. The summed E-state index contributed by atoms with van der Waals surface area (Å²) in [5, 5.41) is 3.18. The maximum atomic E-state index is 12.9. The number of halogens is 1. The van der Waals surface area contributed by atoms with E-state index in [1.54, 1.807) is 18.2 Å². The summed E-state index contributed by atoms with van der Waals surface area (Å²) in [5.41, 5.74) is 0.800. The monoisotopic (exact) mass is 358 g/mol. The van der Waals surface area contributed by atoms with Crippen LogP contribution in [-0.2, 0) is 9.59 Å². The first-order valence-electron chi connectivity index (χ1n) is 9.65. The quantitative estimate of drug-likeness (QED) is 0.837. The summed E-state index contributed by atoms with van der Waals surface area (Å²) in [6.45, 7) is 1.31. The Hall–Kier alpha value is -2.17. The molecule has 4 nitrogen and oxygen atoms in total. The highest BCUT2D eigenvalue weighted by molar-refractivity contribution is 5.91. The van der Waals surface area contributed by atoms with E-state index in [0.29, 0.717) is 13.1 Å². The van der Waals surface area contributed by atoms with E-state index in [1.807, 2.05) is 4.90 Å². The fraction of sp³-hybridized carbons (Fsp3) is 0.524. The van der Waals surface area contributed by atoms with E-state index in [4.69, 9.17) is 0 Å². The molecule has 2 aliphatic rings. The summed E-state index contributed by atoms with van der Waals surface area (Å²) >= 11 is 0. The number of rotatable bonds is 4. The van der Waals surface area contributed by atoms with Gasteiger partial charge in [0.25, 0.3) is 0 Å². The molecule has 0 aromatic heterocycles. The van der Waals surface area contributed by atoms with Gasteiger partial charge in [-0.25, -0.2) is 4.39 Å². The first-order valence-corrected chi connectivity index (χ1v) is 9.65. The number of nitrogens with zero attached hydrogens (tertiary/aromatic N) is 1. The zero-order valence-corrected chi connectivity index (χ0v) is 15.1. The molecule has 1 aromatic rings. The Kier molecular flexibility index (Phi) is 6.42. The molecule has 3 rings (SSSR count). The molecule has 0 bridgehead atoms. The van der Waals surface area contributed by atoms with Gasteiger partial charge in [-0.1, -0.05) is 31.4 Å². The van der Waals surface area contributed by atoms with Gasteiger partial charge in [-0.05, 0) is 49.5 Å². The second kappa shape index (κ2) is 8.97. The molecule has 2 fully saturated rings. The molecule has 26 heavy (non-hydrogen) atoms. The van der Waals surface area contributed by atoms with E-state index in [0.717, 1.165) is 44.1 Å². The number of nitrogens with one attached hydrogen (secondary N) is 1. The first kappa shape index (κ1) is 18.6. The minimum atomic E-state index is -0.286. The van der Waals surface area contributed by atoms with Crippen molar-refractivity contribution in [1.29, 1.82) is 0 Å². The molecule has 5 heteroatoms. The van der Waals surface area contributed by atoms with Crippen molar-refractivity contribution in [1.82, 2.24) is 10.2 Å². The van der Waals surface area contributed by atoms with Crippen LogP contribution in [0.5, 0.6) is 0 Å². The highest BCUT2D eigenvalue weighted by Crippen LogP contribution is 2.24. The summed E-state index contributed by atoms with van der Waals surface area (Å²) in [7, 11) is 0. The van der Waals surface area contributed by atoms with Crippen LogP contribution >= 0.6 is 0 Å². The van der Waals surface area contributed by atoms with Crippen LogP contribution < -0.4 is 5.32 Å². The van der Waals surface area contributed by atoms with Gasteiger partial charge in [-0.2, -0.15) is 0 Å². The second-order valence-electron chi connectivity index (χ2n) is 7.33. The Morgan fingerprint density at radius 3 is 2.31 bits per heavy atom. The fourth-order valence-electron chi connectivity index (χ4n) is 3.77. The van der Waals surface area contributed by atoms with Gasteiger partial charge in [0.1, 0.15) is 5.82 Å². The van der Waals surface area contributed by atoms with Crippen LogP contribution in [0.15, 0.2) is 30.3 Å². The molecule has 2 amide bonds. The Bertz CT molecular complexity index is 642. The minimum Gasteiger partial charge on any atom is -0.353 e. The number of hydrogen-bond acceptors (Lipinski definition) is 2. The molecule has 1 saturated heterocycles. The topological polar surface area (TPSA) is 49.4 Å². The van der Waals surface area contributed by atoms with Gasteiger partial charge in [-0.15, -0.1) is 0 Å². The van der Waals surface area contributed by atoms with E-state index in [-0.39, 0.29) is 29.6 Å². The maximum Gasteiger partial charge on any atom is 0.246 e. The first-order chi connectivity index (χ1) is 12.6. The molecule has 1 aliphatic heterocycles. The molecule has 0 radical (unpaired) electrons. The number of carbonyl (C=O) groups excluding carboxylic acids is 2. The van der Waals surface area contributed by atoms with Crippen molar-refractivity contribution < 1.29 is 14.0 Å². The van der Waals surface area contributed by atoms with Crippen molar-refractivity contribution in [3.63, 3.8) is 0 Å². The average molecular weight is 358 g/mol. The smallest absolute Gasteiger partial charge is 0.246 e. The molecule has 1 heterocycles. The maximum absolute atomic E-state index is 12.9. The third-order valence-corrected chi connectivity index (χ3v) is 5.42. The average Bonchev–Trinajstić information content (AvgIpc) is 2.68. The van der Waals surface area contributed by atoms with Gasteiger partial charge in [-0.3, -0.25) is 9.59 Å². The van der Waals surface area contributed by atoms with Gasteiger partial charge in [0, 0.05) is 31.1 Å². The van der Waals surface area contributed by atoms with E-state index in [9.17, 15) is 14.0 Å². The van der Waals surface area contributed by atoms with E-state index < -0.39 is 0 Å². The standard InChI is InChI=1S/C21H27FN2O2/c22-18-9-6-16(7-10-18)8-11-20(25)24-14-12-19(13-15-24)23-21(26)17-4-2-1-3-5-17/h6-11,17,19H,1-5,12-15H2,(H,23,26)/b11-8+. The van der Waals surface area contributed by atoms with Crippen LogP contribution in [0.2, 0.25) is 0 Å². The van der Waals surface area contributed by atoms with Crippen molar-refractivity contribution in [2.45, 2.75) is 51.0 Å². The van der Waals surface area contributed by atoms with Gasteiger partial charge in [0.2, 0.25) is 11.8 Å². The Morgan fingerprint density at radius 1 is 1.00 bits per heavy atom. The Balaban J connectivity index is 1.43. The summed E-state index contributed by atoms with van der Waals surface area (Å²) in [6, 6.07) is 6.22. The number of benzene rings is 1. The summed E-state index contributed by atoms with van der Waals surface area (Å²) < 4.78 is 12.9. The lowest BCUT2D eigenvalue weighted by Crippen LogP contribution is -2.47. The lowest BCUT2D eigenvalue weighted by Gasteiger charge is -2.33. The van der Waals surface area contributed by atoms with E-state index in [1.165, 1.54) is 24.6 Å². The second-order valence-corrected chi connectivity index (χ2v) is 7.33. The van der Waals surface area contributed by atoms with Crippen LogP contribution in [0.3, 0.4) is 0 Å². The molecule has 1 aromatic carbocycles. The summed E-state index contributed by atoms with van der Waals surface area (Å²) in [5.74, 6) is 0.0601. The highest BCUT2D eigenvalue weighted by Gasteiger charge is 2.26. The van der Waals surface area contributed by atoms with Crippen molar-refractivity contribution in [3.8, 4) is 0 Å². The number of hydrogen-bond donors (Lipinski definition) is 1. The third-order valence-electron chi connectivity index (χ3n) is 5.42. The molecule has 0 unspecified atom stereocenters. The third kappa shape index (κ3) is 5.16. The number of carbonyl (C=O) groups is 2. The lowest BCUT2D eigenvalue weighted by molar-refractivity contribution is -0.128. The van der Waals surface area contributed by atoms with Crippen molar-refractivity contribution in [2.75, 3.05) is 13.1 Å². The van der Waals surface area contributed by atoms with E-state index in [2.05, 4.69) is 5.32 Å². The van der Waals surface area contributed by atoms with Gasteiger partial charge < -0.3 is 10.2 Å². The van der Waals surface area contributed by atoms with Gasteiger partial charge in [0.15, 0.2) is 0 Å². The minimum absolute atomic E-state index is 0.0358. The molecule has 1 N–H and O–H groups in total. The predicted octanol–water partition coefficient (Wildman–Crippen LogP) is 3.53. The molecular weight excluding hydrogens is 331 g/mol. The Morgan fingerprint density at radius 2 is 1.65 bits per heavy atom. The summed E-state index contributed by atoms with van der Waals surface area (Å²) in [4.78, 5) is 26.4. The number of piperidine rings is 1. The van der Waals surface area contributed by atoms with Crippen LogP contribution in [0, 0.1) is 11.7 Å². The number of amides is 2. The lowest BCUT2D eigenvalue weighted by atomic mass is 9.88. The predicted molar refractivity (Wildman–Crippen MR) is 99.8 cm³/mol.